The molecule has 1 amide bonds. The number of hydrogen-bond donors (Lipinski definition) is 0. The van der Waals surface area contributed by atoms with Gasteiger partial charge in [-0.1, -0.05) is 24.3 Å². The Morgan fingerprint density at radius 2 is 1.69 bits per heavy atom. The van der Waals surface area contributed by atoms with Gasteiger partial charge in [-0.25, -0.2) is 9.97 Å². The summed E-state index contributed by atoms with van der Waals surface area (Å²) in [6.45, 7) is -1.74. The second-order valence-corrected chi connectivity index (χ2v) is 6.55. The van der Waals surface area contributed by atoms with E-state index >= 15 is 0 Å². The van der Waals surface area contributed by atoms with E-state index in [0.717, 1.165) is 11.0 Å². The molecule has 1 aromatic heterocycles. The Balaban J connectivity index is 1.57. The van der Waals surface area contributed by atoms with Gasteiger partial charge in [0, 0.05) is 26.2 Å². The van der Waals surface area contributed by atoms with Gasteiger partial charge in [0.1, 0.15) is 5.75 Å². The molecule has 6 nitrogen and oxygen atoms in total. The first-order chi connectivity index (χ1) is 14.0. The highest BCUT2D eigenvalue weighted by Crippen LogP contribution is 2.30. The van der Waals surface area contributed by atoms with Gasteiger partial charge in [-0.05, 0) is 35.9 Å². The lowest BCUT2D eigenvalue weighted by Gasteiger charge is -2.33. The van der Waals surface area contributed by atoms with Crippen LogP contribution in [-0.4, -0.2) is 42.6 Å². The molecule has 0 aliphatic carbocycles. The molecule has 3 aromatic rings. The third-order valence-electron chi connectivity index (χ3n) is 4.60. The van der Waals surface area contributed by atoms with Crippen molar-refractivity contribution in [3.63, 3.8) is 0 Å². The second kappa shape index (κ2) is 7.83. The van der Waals surface area contributed by atoms with E-state index in [-0.39, 0.29) is 11.7 Å². The van der Waals surface area contributed by atoms with E-state index in [4.69, 9.17) is 0 Å². The normalized spacial score (nSPS) is 13.9. The number of rotatable bonds is 4. The van der Waals surface area contributed by atoms with Crippen LogP contribution >= 0.6 is 0 Å². The molecule has 0 N–H and O–H groups in total. The van der Waals surface area contributed by atoms with Crippen LogP contribution in [0.25, 0.3) is 17.1 Å². The van der Waals surface area contributed by atoms with E-state index < -0.39 is 6.61 Å². The Labute approximate surface area is 166 Å². The standard InChI is InChI=1S/C21H18F2N4O2/c1-26-12-13-27(20-19(26)24-16-4-2-3-5-17(16)25-20)18(28)11-8-14-6-9-15(10-7-14)29-21(22)23/h2-11,21H,12-13H2,1H3/b11-8+. The average Bonchev–Trinajstić information content (AvgIpc) is 2.72. The SMILES string of the molecule is CN1CCN(C(=O)/C=C/c2ccc(OC(F)F)cc2)c2nc3ccccc3nc21. The number of likely N-dealkylation sites (N-methyl/N-ethyl adjacent to an activating group) is 1. The van der Waals surface area contributed by atoms with Crippen LogP contribution in [0.4, 0.5) is 20.4 Å². The number of amides is 1. The molecule has 0 bridgehead atoms. The van der Waals surface area contributed by atoms with E-state index in [2.05, 4.69) is 14.7 Å². The van der Waals surface area contributed by atoms with E-state index in [0.29, 0.717) is 30.3 Å². The van der Waals surface area contributed by atoms with Crippen molar-refractivity contribution in [2.24, 2.45) is 0 Å². The van der Waals surface area contributed by atoms with Crippen LogP contribution in [0.3, 0.4) is 0 Å². The molecule has 0 fully saturated rings. The molecule has 1 aliphatic rings. The van der Waals surface area contributed by atoms with Crippen LogP contribution < -0.4 is 14.5 Å². The second-order valence-electron chi connectivity index (χ2n) is 6.55. The highest BCUT2D eigenvalue weighted by Gasteiger charge is 2.27. The molecule has 0 saturated heterocycles. The largest absolute Gasteiger partial charge is 0.435 e. The van der Waals surface area contributed by atoms with Crippen LogP contribution in [0.5, 0.6) is 5.75 Å². The number of fused-ring (bicyclic) bond motifs is 2. The first-order valence-corrected chi connectivity index (χ1v) is 9.03. The number of aromatic nitrogens is 2. The van der Waals surface area contributed by atoms with E-state index in [1.54, 1.807) is 23.1 Å². The van der Waals surface area contributed by atoms with Crippen molar-refractivity contribution in [2.45, 2.75) is 6.61 Å². The molecule has 0 radical (unpaired) electrons. The van der Waals surface area contributed by atoms with Crippen molar-refractivity contribution < 1.29 is 18.3 Å². The Hall–Kier alpha value is -3.55. The molecule has 4 rings (SSSR count). The number of alkyl halides is 2. The summed E-state index contributed by atoms with van der Waals surface area (Å²) in [6.07, 6.45) is 3.07. The maximum Gasteiger partial charge on any atom is 0.387 e. The summed E-state index contributed by atoms with van der Waals surface area (Å²) < 4.78 is 28.8. The zero-order chi connectivity index (χ0) is 20.4. The molecule has 29 heavy (non-hydrogen) atoms. The third kappa shape index (κ3) is 4.01. The van der Waals surface area contributed by atoms with Crippen LogP contribution in [-0.2, 0) is 4.79 Å². The predicted octanol–water partition coefficient (Wildman–Crippen LogP) is 3.73. The fraction of sp³-hybridized carbons (Fsp3) is 0.190. The minimum absolute atomic E-state index is 0.0682. The Kier molecular flexibility index (Phi) is 5.07. The first-order valence-electron chi connectivity index (χ1n) is 9.03. The predicted molar refractivity (Wildman–Crippen MR) is 107 cm³/mol. The summed E-state index contributed by atoms with van der Waals surface area (Å²) in [5.41, 5.74) is 2.19. The number of anilines is 2. The highest BCUT2D eigenvalue weighted by molar-refractivity contribution is 6.05. The number of nitrogens with zero attached hydrogens (tertiary/aromatic N) is 4. The third-order valence-corrected chi connectivity index (χ3v) is 4.60. The molecule has 2 heterocycles. The smallest absolute Gasteiger partial charge is 0.387 e. The summed E-state index contributed by atoms with van der Waals surface area (Å²) in [5.74, 6) is 1.02. The van der Waals surface area contributed by atoms with Crippen molar-refractivity contribution in [2.75, 3.05) is 29.9 Å². The topological polar surface area (TPSA) is 58.6 Å². The Morgan fingerprint density at radius 3 is 2.34 bits per heavy atom. The number of halogens is 2. The highest BCUT2D eigenvalue weighted by atomic mass is 19.3. The Morgan fingerprint density at radius 1 is 1.03 bits per heavy atom. The number of benzene rings is 2. The minimum atomic E-state index is -2.87. The summed E-state index contributed by atoms with van der Waals surface area (Å²) in [7, 11) is 1.92. The van der Waals surface area contributed by atoms with Crippen LogP contribution in [0.2, 0.25) is 0 Å². The van der Waals surface area contributed by atoms with Gasteiger partial charge >= 0.3 is 6.61 Å². The lowest BCUT2D eigenvalue weighted by Crippen LogP contribution is -2.43. The quantitative estimate of drug-likeness (QED) is 0.629. The van der Waals surface area contributed by atoms with Crippen molar-refractivity contribution in [1.82, 2.24) is 9.97 Å². The number of ether oxygens (including phenoxy) is 1. The zero-order valence-corrected chi connectivity index (χ0v) is 15.6. The fourth-order valence-electron chi connectivity index (χ4n) is 3.11. The molecule has 0 unspecified atom stereocenters. The maximum absolute atomic E-state index is 12.8. The molecule has 2 aromatic carbocycles. The maximum atomic E-state index is 12.8. The van der Waals surface area contributed by atoms with Crippen molar-refractivity contribution >= 4 is 34.7 Å². The van der Waals surface area contributed by atoms with Gasteiger partial charge in [-0.15, -0.1) is 0 Å². The van der Waals surface area contributed by atoms with Gasteiger partial charge in [0.25, 0.3) is 5.91 Å². The van der Waals surface area contributed by atoms with Gasteiger partial charge in [0.05, 0.1) is 11.0 Å². The molecule has 1 aliphatic heterocycles. The molecule has 0 atom stereocenters. The molecule has 148 valence electrons. The summed E-state index contributed by atoms with van der Waals surface area (Å²) in [4.78, 5) is 25.7. The van der Waals surface area contributed by atoms with Gasteiger partial charge in [0.15, 0.2) is 11.6 Å². The van der Waals surface area contributed by atoms with E-state index in [1.165, 1.54) is 18.2 Å². The van der Waals surface area contributed by atoms with Crippen molar-refractivity contribution in [3.8, 4) is 5.75 Å². The van der Waals surface area contributed by atoms with E-state index in [9.17, 15) is 13.6 Å². The van der Waals surface area contributed by atoms with Crippen LogP contribution in [0.15, 0.2) is 54.6 Å². The number of hydrogen-bond acceptors (Lipinski definition) is 5. The number of para-hydroxylation sites is 2. The van der Waals surface area contributed by atoms with Gasteiger partial charge in [-0.3, -0.25) is 9.69 Å². The van der Waals surface area contributed by atoms with Crippen molar-refractivity contribution in [3.05, 3.63) is 60.2 Å². The molecular formula is C21H18F2N4O2. The lowest BCUT2D eigenvalue weighted by atomic mass is 10.2. The van der Waals surface area contributed by atoms with Crippen molar-refractivity contribution in [1.29, 1.82) is 0 Å². The van der Waals surface area contributed by atoms with Gasteiger partial charge in [0.2, 0.25) is 0 Å². The Bertz CT molecular complexity index is 1070. The fourth-order valence-corrected chi connectivity index (χ4v) is 3.11. The molecule has 0 spiro atoms. The lowest BCUT2D eigenvalue weighted by molar-refractivity contribution is -0.114. The van der Waals surface area contributed by atoms with Gasteiger partial charge < -0.3 is 9.64 Å². The minimum Gasteiger partial charge on any atom is -0.435 e. The molecular weight excluding hydrogens is 378 g/mol. The number of carbonyl (C=O) groups excluding carboxylic acids is 1. The molecule has 0 saturated carbocycles. The van der Waals surface area contributed by atoms with Gasteiger partial charge in [-0.2, -0.15) is 8.78 Å². The zero-order valence-electron chi connectivity index (χ0n) is 15.6. The summed E-state index contributed by atoms with van der Waals surface area (Å²) in [5, 5.41) is 0. The van der Waals surface area contributed by atoms with Crippen LogP contribution in [0, 0.1) is 0 Å². The molecule has 8 heteroatoms. The first kappa shape index (κ1) is 18.8. The summed E-state index contributed by atoms with van der Waals surface area (Å²) in [6, 6.07) is 13.6. The average molecular weight is 396 g/mol. The van der Waals surface area contributed by atoms with E-state index in [1.807, 2.05) is 36.2 Å². The monoisotopic (exact) mass is 396 g/mol. The summed E-state index contributed by atoms with van der Waals surface area (Å²) >= 11 is 0. The van der Waals surface area contributed by atoms with Crippen LogP contribution in [0.1, 0.15) is 5.56 Å². The number of carbonyl (C=O) groups is 1.